The van der Waals surface area contributed by atoms with Gasteiger partial charge in [-0.1, -0.05) is 54.6 Å². The Morgan fingerprint density at radius 1 is 0.973 bits per heavy atom. The van der Waals surface area contributed by atoms with Gasteiger partial charge in [0.1, 0.15) is 6.54 Å². The number of aromatic amines is 1. The molecule has 1 saturated heterocycles. The summed E-state index contributed by atoms with van der Waals surface area (Å²) in [6.45, 7) is 0.773. The quantitative estimate of drug-likeness (QED) is 0.270. The minimum atomic E-state index is -0.0587. The van der Waals surface area contributed by atoms with E-state index in [0.717, 1.165) is 27.7 Å². The van der Waals surface area contributed by atoms with Gasteiger partial charge in [-0.05, 0) is 54.1 Å². The third kappa shape index (κ3) is 4.44. The highest BCUT2D eigenvalue weighted by atomic mass is 32.2. The van der Waals surface area contributed by atoms with Crippen molar-refractivity contribution in [2.75, 3.05) is 6.54 Å². The first-order valence-corrected chi connectivity index (χ1v) is 12.9. The van der Waals surface area contributed by atoms with E-state index in [1.807, 2.05) is 89.8 Å². The van der Waals surface area contributed by atoms with Gasteiger partial charge in [0.05, 0.1) is 16.7 Å². The van der Waals surface area contributed by atoms with E-state index < -0.39 is 0 Å². The maximum absolute atomic E-state index is 13.7. The molecule has 5 aromatic rings. The topological polar surface area (TPSA) is 77.2 Å². The highest BCUT2D eigenvalue weighted by Crippen LogP contribution is 2.36. The van der Waals surface area contributed by atoms with E-state index in [0.29, 0.717) is 23.0 Å². The molecule has 6 nitrogen and oxygen atoms in total. The zero-order valence-corrected chi connectivity index (χ0v) is 20.8. The number of amides is 1. The molecule has 6 rings (SSSR count). The lowest BCUT2D eigenvalue weighted by molar-refractivity contribution is -0.122. The number of fused-ring (bicyclic) bond motifs is 2. The van der Waals surface area contributed by atoms with Crippen molar-refractivity contribution >= 4 is 56.4 Å². The minimum absolute atomic E-state index is 0.0587. The van der Waals surface area contributed by atoms with Gasteiger partial charge in [-0.2, -0.15) is 5.26 Å². The fraction of sp³-hybridized carbons (Fsp3) is 0.100. The Labute approximate surface area is 218 Å². The van der Waals surface area contributed by atoms with Crippen LogP contribution in [0.25, 0.3) is 27.9 Å². The molecule has 0 aliphatic carbocycles. The van der Waals surface area contributed by atoms with Gasteiger partial charge in [-0.25, -0.2) is 4.99 Å². The van der Waals surface area contributed by atoms with Crippen LogP contribution in [0, 0.1) is 11.3 Å². The van der Waals surface area contributed by atoms with E-state index in [1.54, 1.807) is 4.90 Å². The summed E-state index contributed by atoms with van der Waals surface area (Å²) < 4.78 is 1.92. The standard InChI is InChI=1S/C30H23N5OS/c31-15-17-34-20-22(25-11-5-7-13-27(25)34)18-28-29(36)35(30(37-28)33-23-8-2-1-3-9-23)16-14-21-19-32-26-12-6-4-10-24(21)26/h1-13,18-20,32H,14,16-17H2/b28-18-,33-30?. The van der Waals surface area contributed by atoms with E-state index >= 15 is 0 Å². The number of nitrogens with zero attached hydrogens (tertiary/aromatic N) is 4. The predicted molar refractivity (Wildman–Crippen MR) is 150 cm³/mol. The van der Waals surface area contributed by atoms with Gasteiger partial charge in [-0.15, -0.1) is 0 Å². The first-order valence-electron chi connectivity index (χ1n) is 12.1. The first-order chi connectivity index (χ1) is 18.2. The molecular weight excluding hydrogens is 478 g/mol. The Hall–Kier alpha value is -4.54. The number of nitriles is 1. The number of para-hydroxylation sites is 3. The van der Waals surface area contributed by atoms with E-state index in [9.17, 15) is 10.1 Å². The number of hydrogen-bond donors (Lipinski definition) is 1. The maximum atomic E-state index is 13.7. The largest absolute Gasteiger partial charge is 0.361 e. The van der Waals surface area contributed by atoms with Crippen molar-refractivity contribution < 1.29 is 4.79 Å². The Balaban J connectivity index is 1.36. The highest BCUT2D eigenvalue weighted by Gasteiger charge is 2.33. The smallest absolute Gasteiger partial charge is 0.266 e. The number of aliphatic imine (C=N–C) groups is 1. The van der Waals surface area contributed by atoms with E-state index in [4.69, 9.17) is 4.99 Å². The number of amidine groups is 1. The molecule has 0 radical (unpaired) electrons. The second kappa shape index (κ2) is 9.84. The number of carbonyl (C=O) groups excluding carboxylic acids is 1. The van der Waals surface area contributed by atoms with Crippen molar-refractivity contribution in [2.24, 2.45) is 4.99 Å². The lowest BCUT2D eigenvalue weighted by atomic mass is 10.1. The van der Waals surface area contributed by atoms with Crippen molar-refractivity contribution in [3.63, 3.8) is 0 Å². The lowest BCUT2D eigenvalue weighted by Gasteiger charge is -2.15. The zero-order chi connectivity index (χ0) is 25.2. The first kappa shape index (κ1) is 22.9. The third-order valence-electron chi connectivity index (χ3n) is 6.50. The summed E-state index contributed by atoms with van der Waals surface area (Å²) in [7, 11) is 0. The van der Waals surface area contributed by atoms with Crippen LogP contribution in [0.3, 0.4) is 0 Å². The van der Waals surface area contributed by atoms with Gasteiger partial charge in [-0.3, -0.25) is 9.69 Å². The fourth-order valence-corrected chi connectivity index (χ4v) is 5.73. The lowest BCUT2D eigenvalue weighted by Crippen LogP contribution is -2.31. The van der Waals surface area contributed by atoms with Crippen molar-refractivity contribution in [3.05, 3.63) is 107 Å². The molecule has 37 heavy (non-hydrogen) atoms. The third-order valence-corrected chi connectivity index (χ3v) is 7.50. The van der Waals surface area contributed by atoms with Crippen LogP contribution in [0.15, 0.2) is 101 Å². The second-order valence-corrected chi connectivity index (χ2v) is 9.80. The van der Waals surface area contributed by atoms with Gasteiger partial charge >= 0.3 is 0 Å². The van der Waals surface area contributed by atoms with Crippen molar-refractivity contribution in [3.8, 4) is 6.07 Å². The molecule has 0 unspecified atom stereocenters. The van der Waals surface area contributed by atoms with Crippen LogP contribution >= 0.6 is 11.8 Å². The number of H-pyrrole nitrogens is 1. The number of nitrogens with one attached hydrogen (secondary N) is 1. The highest BCUT2D eigenvalue weighted by molar-refractivity contribution is 8.18. The van der Waals surface area contributed by atoms with Crippen LogP contribution in [0.5, 0.6) is 0 Å². The summed E-state index contributed by atoms with van der Waals surface area (Å²) >= 11 is 1.39. The summed E-state index contributed by atoms with van der Waals surface area (Å²) in [5, 5.41) is 12.1. The van der Waals surface area contributed by atoms with Crippen LogP contribution in [0.1, 0.15) is 11.1 Å². The van der Waals surface area contributed by atoms with Crippen LogP contribution in [0.2, 0.25) is 0 Å². The van der Waals surface area contributed by atoms with Crippen molar-refractivity contribution in [1.82, 2.24) is 14.5 Å². The number of hydrogen-bond acceptors (Lipinski definition) is 4. The number of thioether (sulfide) groups is 1. The molecule has 7 heteroatoms. The average Bonchev–Trinajstić information content (AvgIpc) is 3.58. The zero-order valence-electron chi connectivity index (χ0n) is 20.0. The Bertz CT molecular complexity index is 1720. The summed E-state index contributed by atoms with van der Waals surface area (Å²) in [4.78, 5) is 24.2. The monoisotopic (exact) mass is 501 g/mol. The summed E-state index contributed by atoms with van der Waals surface area (Å²) in [6.07, 6.45) is 6.60. The van der Waals surface area contributed by atoms with Crippen LogP contribution < -0.4 is 0 Å². The molecule has 1 aliphatic rings. The van der Waals surface area contributed by atoms with Gasteiger partial charge in [0.15, 0.2) is 5.17 Å². The SMILES string of the molecule is N#CCn1cc(/C=C2\SC(=Nc3ccccc3)N(CCc3c[nH]c4ccccc34)C2=O)c2ccccc21. The van der Waals surface area contributed by atoms with Gasteiger partial charge in [0, 0.05) is 46.3 Å². The summed E-state index contributed by atoms with van der Waals surface area (Å²) in [5.74, 6) is -0.0587. The molecule has 1 amide bonds. The van der Waals surface area contributed by atoms with Crippen molar-refractivity contribution in [1.29, 1.82) is 5.26 Å². The fourth-order valence-electron chi connectivity index (χ4n) is 4.71. The molecule has 0 spiro atoms. The van der Waals surface area contributed by atoms with E-state index in [1.165, 1.54) is 22.7 Å². The molecule has 3 aromatic carbocycles. The molecule has 1 fully saturated rings. The maximum Gasteiger partial charge on any atom is 0.266 e. The summed E-state index contributed by atoms with van der Waals surface area (Å²) in [5.41, 5.74) is 4.96. The second-order valence-electron chi connectivity index (χ2n) is 8.79. The van der Waals surface area contributed by atoms with Crippen LogP contribution in [-0.4, -0.2) is 32.1 Å². The average molecular weight is 502 g/mol. The molecule has 180 valence electrons. The minimum Gasteiger partial charge on any atom is -0.361 e. The van der Waals surface area contributed by atoms with Gasteiger partial charge in [0.2, 0.25) is 0 Å². The van der Waals surface area contributed by atoms with Gasteiger partial charge in [0.25, 0.3) is 5.91 Å². The molecule has 0 atom stereocenters. The normalized spacial score (nSPS) is 15.9. The number of aromatic nitrogens is 2. The summed E-state index contributed by atoms with van der Waals surface area (Å²) in [6, 6.07) is 28.1. The molecule has 2 aromatic heterocycles. The molecular formula is C30H23N5OS. The molecule has 1 aliphatic heterocycles. The predicted octanol–water partition coefficient (Wildman–Crippen LogP) is 6.49. The number of carbonyl (C=O) groups is 1. The van der Waals surface area contributed by atoms with Crippen molar-refractivity contribution in [2.45, 2.75) is 13.0 Å². The molecule has 1 N–H and O–H groups in total. The Morgan fingerprint density at radius 2 is 1.73 bits per heavy atom. The molecule has 3 heterocycles. The molecule has 0 saturated carbocycles. The Morgan fingerprint density at radius 3 is 2.57 bits per heavy atom. The molecule has 0 bridgehead atoms. The Kier molecular flexibility index (Phi) is 6.09. The van der Waals surface area contributed by atoms with Gasteiger partial charge < -0.3 is 9.55 Å². The number of benzene rings is 3. The van der Waals surface area contributed by atoms with Crippen LogP contribution in [0.4, 0.5) is 5.69 Å². The number of rotatable bonds is 6. The van der Waals surface area contributed by atoms with Crippen LogP contribution in [-0.2, 0) is 17.8 Å². The van der Waals surface area contributed by atoms with E-state index in [-0.39, 0.29) is 12.5 Å². The van der Waals surface area contributed by atoms with E-state index in [2.05, 4.69) is 23.2 Å².